The second-order valence-corrected chi connectivity index (χ2v) is 14.6. The Morgan fingerprint density at radius 2 is 1.76 bits per heavy atom. The molecule has 2 aromatic carbocycles. The van der Waals surface area contributed by atoms with Crippen molar-refractivity contribution in [1.82, 2.24) is 14.9 Å². The Labute approximate surface area is 234 Å². The Morgan fingerprint density at radius 3 is 2.37 bits per heavy atom. The highest BCUT2D eigenvalue weighted by atomic mass is 35.5. The molecule has 7 rings (SSSR count). The number of nitrogens with zero attached hydrogens (tertiary/aromatic N) is 2. The lowest BCUT2D eigenvalue weighted by Crippen LogP contribution is -2.78. The average Bonchev–Trinajstić information content (AvgIpc) is 3.11. The lowest BCUT2D eigenvalue weighted by atomic mass is 9.38. The van der Waals surface area contributed by atoms with Crippen LogP contribution >= 0.6 is 23.2 Å². The number of amidine groups is 1. The largest absolute Gasteiger partial charge is 0.366 e. The first-order valence-electron chi connectivity index (χ1n) is 13.1. The van der Waals surface area contributed by atoms with Gasteiger partial charge in [-0.05, 0) is 82.2 Å². The van der Waals surface area contributed by atoms with Crippen LogP contribution in [0, 0.1) is 5.41 Å². The Hall–Kier alpha value is -2.13. The van der Waals surface area contributed by atoms with Crippen LogP contribution in [-0.4, -0.2) is 47.6 Å². The summed E-state index contributed by atoms with van der Waals surface area (Å²) in [6, 6.07) is 13.6. The molecular weight excluding hydrogens is 543 g/mol. The zero-order chi connectivity index (χ0) is 26.9. The summed E-state index contributed by atoms with van der Waals surface area (Å²) in [7, 11) is -3.78. The highest BCUT2D eigenvalue weighted by Crippen LogP contribution is 2.71. The van der Waals surface area contributed by atoms with E-state index < -0.39 is 27.1 Å². The normalized spacial score (nSPS) is 29.5. The van der Waals surface area contributed by atoms with E-state index in [1.807, 2.05) is 26.0 Å². The maximum atomic E-state index is 13.9. The van der Waals surface area contributed by atoms with Crippen LogP contribution in [0.4, 0.5) is 0 Å². The van der Waals surface area contributed by atoms with Crippen LogP contribution in [0.5, 0.6) is 0 Å². The molecule has 0 unspecified atom stereocenters. The third-order valence-electron chi connectivity index (χ3n) is 8.76. The van der Waals surface area contributed by atoms with Gasteiger partial charge in [0.15, 0.2) is 6.04 Å². The van der Waals surface area contributed by atoms with Crippen molar-refractivity contribution in [2.45, 2.75) is 87.0 Å². The number of halogens is 2. The topological polar surface area (TPSA) is 90.9 Å². The zero-order valence-electron chi connectivity index (χ0n) is 21.5. The zero-order valence-corrected chi connectivity index (χ0v) is 23.8. The molecule has 2 N–H and O–H groups in total. The van der Waals surface area contributed by atoms with E-state index in [0.29, 0.717) is 29.3 Å². The van der Waals surface area contributed by atoms with E-state index >= 15 is 0 Å². The number of benzene rings is 2. The summed E-state index contributed by atoms with van der Waals surface area (Å²) in [5.41, 5.74) is -0.462. The van der Waals surface area contributed by atoms with Crippen molar-refractivity contribution in [1.29, 1.82) is 0 Å². The molecule has 0 aromatic heterocycles. The fraction of sp³-hybridized carbons (Fsp3) is 0.500. The molecule has 7 nitrogen and oxygen atoms in total. The van der Waals surface area contributed by atoms with Crippen LogP contribution in [0.25, 0.3) is 0 Å². The number of aliphatic imine (C=N–C) groups is 1. The molecule has 2 aromatic rings. The van der Waals surface area contributed by atoms with Crippen LogP contribution < -0.4 is 10.6 Å². The van der Waals surface area contributed by atoms with Gasteiger partial charge in [0.05, 0.1) is 20.5 Å². The highest BCUT2D eigenvalue weighted by Gasteiger charge is 2.75. The molecule has 2 bridgehead atoms. The smallest absolute Gasteiger partial charge is 0.247 e. The predicted molar refractivity (Wildman–Crippen MR) is 149 cm³/mol. The first kappa shape index (κ1) is 26.1. The molecule has 4 fully saturated rings. The lowest BCUT2D eigenvalue weighted by molar-refractivity contribution is -0.151. The number of carbonyl (C=O) groups excluding carboxylic acids is 1. The van der Waals surface area contributed by atoms with Gasteiger partial charge >= 0.3 is 0 Å². The number of amides is 1. The number of nitrogens with one attached hydrogen (secondary N) is 2. The maximum Gasteiger partial charge on any atom is 0.247 e. The second kappa shape index (κ2) is 8.95. The van der Waals surface area contributed by atoms with Gasteiger partial charge in [-0.1, -0.05) is 47.5 Å². The quantitative estimate of drug-likeness (QED) is 0.468. The number of rotatable bonds is 8. The maximum absolute atomic E-state index is 13.9. The van der Waals surface area contributed by atoms with Crippen molar-refractivity contribution in [3.8, 4) is 0 Å². The minimum absolute atomic E-state index is 0.0311. The lowest BCUT2D eigenvalue weighted by Gasteiger charge is -2.73. The molecule has 10 heteroatoms. The van der Waals surface area contributed by atoms with Gasteiger partial charge in [-0.2, -0.15) is 4.31 Å². The van der Waals surface area contributed by atoms with E-state index in [0.717, 1.165) is 30.7 Å². The number of hydrogen-bond donors (Lipinski definition) is 2. The molecular formula is C28H32Cl2N4O3S. The van der Waals surface area contributed by atoms with Gasteiger partial charge in [-0.3, -0.25) is 9.79 Å². The summed E-state index contributed by atoms with van der Waals surface area (Å²) in [5, 5.41) is 7.50. The molecule has 1 aliphatic heterocycles. The van der Waals surface area contributed by atoms with Crippen molar-refractivity contribution >= 4 is 45.0 Å². The molecule has 0 spiro atoms. The summed E-state index contributed by atoms with van der Waals surface area (Å²) in [4.78, 5) is 18.2. The van der Waals surface area contributed by atoms with Crippen LogP contribution in [0.2, 0.25) is 10.0 Å². The third kappa shape index (κ3) is 4.15. The molecule has 1 amide bonds. The van der Waals surface area contributed by atoms with Crippen molar-refractivity contribution in [3.05, 3.63) is 64.1 Å². The number of hydrogen-bond acceptors (Lipinski definition) is 5. The highest BCUT2D eigenvalue weighted by molar-refractivity contribution is 7.89. The average molecular weight is 576 g/mol. The van der Waals surface area contributed by atoms with Gasteiger partial charge in [-0.15, -0.1) is 0 Å². The van der Waals surface area contributed by atoms with Gasteiger partial charge in [0.2, 0.25) is 15.9 Å². The van der Waals surface area contributed by atoms with Crippen molar-refractivity contribution in [2.75, 3.05) is 0 Å². The Kier molecular flexibility index (Phi) is 6.15. The van der Waals surface area contributed by atoms with Gasteiger partial charge in [0, 0.05) is 23.5 Å². The van der Waals surface area contributed by atoms with Crippen LogP contribution in [0.15, 0.2) is 58.4 Å². The Bertz CT molecular complexity index is 1400. The van der Waals surface area contributed by atoms with Crippen LogP contribution in [0.1, 0.15) is 57.9 Å². The summed E-state index contributed by atoms with van der Waals surface area (Å²) in [6.07, 6.45) is 5.19. The number of carbonyl (C=O) groups is 1. The molecule has 202 valence electrons. The van der Waals surface area contributed by atoms with Gasteiger partial charge in [-0.25, -0.2) is 8.42 Å². The van der Waals surface area contributed by atoms with E-state index in [-0.39, 0.29) is 28.8 Å². The molecule has 0 radical (unpaired) electrons. The monoisotopic (exact) mass is 574 g/mol. The van der Waals surface area contributed by atoms with Gasteiger partial charge < -0.3 is 10.6 Å². The van der Waals surface area contributed by atoms with E-state index in [9.17, 15) is 13.2 Å². The fourth-order valence-corrected chi connectivity index (χ4v) is 8.56. The van der Waals surface area contributed by atoms with E-state index in [1.54, 1.807) is 40.7 Å². The van der Waals surface area contributed by atoms with Crippen LogP contribution in [-0.2, 0) is 21.4 Å². The molecule has 1 atom stereocenters. The Balaban J connectivity index is 1.26. The van der Waals surface area contributed by atoms with Crippen molar-refractivity contribution in [3.63, 3.8) is 0 Å². The SMILES string of the molecule is CC1(C)NC(C23CC(N(Cc4ccc(Cl)c(Cl)c4)S(=O)(=O)c4ccccc4)(C2)C3)=N[C@H]1C(=O)NC1CCC1. The summed E-state index contributed by atoms with van der Waals surface area (Å²) < 4.78 is 29.5. The minimum atomic E-state index is -3.78. The van der Waals surface area contributed by atoms with Crippen LogP contribution in [0.3, 0.4) is 0 Å². The summed E-state index contributed by atoms with van der Waals surface area (Å²) in [6.45, 7) is 4.21. The predicted octanol–water partition coefficient (Wildman–Crippen LogP) is 4.92. The number of sulfonamides is 1. The van der Waals surface area contributed by atoms with E-state index in [1.165, 1.54) is 0 Å². The standard InChI is InChI=1S/C28H32Cl2N4O3S/c1-26(2)23(24(35)31-19-7-6-8-19)32-25(33-26)27-15-28(16-27,17-27)34(14-18-11-12-21(29)22(30)13-18)38(36,37)20-9-4-3-5-10-20/h3-5,9-13,19,23H,6-8,14-17H2,1-2H3,(H,31,35)(H,32,33)/t23-,27?,28?/m0/s1. The van der Waals surface area contributed by atoms with Gasteiger partial charge in [0.25, 0.3) is 0 Å². The molecule has 4 aliphatic carbocycles. The van der Waals surface area contributed by atoms with Crippen molar-refractivity contribution in [2.24, 2.45) is 10.4 Å². The first-order valence-corrected chi connectivity index (χ1v) is 15.3. The van der Waals surface area contributed by atoms with Crippen molar-refractivity contribution < 1.29 is 13.2 Å². The summed E-state index contributed by atoms with van der Waals surface area (Å²) >= 11 is 12.4. The second-order valence-electron chi connectivity index (χ2n) is 12.0. The molecule has 0 saturated heterocycles. The van der Waals surface area contributed by atoms with E-state index in [2.05, 4.69) is 10.6 Å². The summed E-state index contributed by atoms with van der Waals surface area (Å²) in [5.74, 6) is 0.807. The molecule has 4 saturated carbocycles. The molecule has 1 heterocycles. The molecule has 5 aliphatic rings. The first-order chi connectivity index (χ1) is 17.9. The Morgan fingerprint density at radius 1 is 1.08 bits per heavy atom. The van der Waals surface area contributed by atoms with Gasteiger partial charge in [0.1, 0.15) is 5.84 Å². The minimum Gasteiger partial charge on any atom is -0.366 e. The fourth-order valence-electron chi connectivity index (χ4n) is 6.47. The molecule has 38 heavy (non-hydrogen) atoms. The third-order valence-corrected chi connectivity index (χ3v) is 11.5. The van der Waals surface area contributed by atoms with E-state index in [4.69, 9.17) is 28.2 Å².